The number of benzene rings is 1. The van der Waals surface area contributed by atoms with Gasteiger partial charge in [0.15, 0.2) is 0 Å². The van der Waals surface area contributed by atoms with Gasteiger partial charge in [-0.05, 0) is 54.0 Å². The van der Waals surface area contributed by atoms with E-state index in [4.69, 9.17) is 5.73 Å². The van der Waals surface area contributed by atoms with Crippen molar-refractivity contribution in [1.82, 2.24) is 9.97 Å². The fraction of sp³-hybridized carbons (Fsp3) is 0.154. The first-order chi connectivity index (χ1) is 8.95. The molecule has 0 saturated heterocycles. The fourth-order valence-corrected chi connectivity index (χ4v) is 1.89. The van der Waals surface area contributed by atoms with Crippen LogP contribution < -0.4 is 11.1 Å². The van der Waals surface area contributed by atoms with Crippen molar-refractivity contribution in [3.63, 3.8) is 0 Å². The normalized spacial score (nSPS) is 10.3. The van der Waals surface area contributed by atoms with E-state index in [-0.39, 0.29) is 5.91 Å². The van der Waals surface area contributed by atoms with E-state index >= 15 is 0 Å². The van der Waals surface area contributed by atoms with Crippen LogP contribution in [-0.4, -0.2) is 15.9 Å². The molecule has 0 fully saturated rings. The van der Waals surface area contributed by atoms with Gasteiger partial charge in [0, 0.05) is 27.1 Å². The van der Waals surface area contributed by atoms with E-state index in [1.54, 1.807) is 18.2 Å². The summed E-state index contributed by atoms with van der Waals surface area (Å²) in [4.78, 5) is 20.4. The van der Waals surface area contributed by atoms with Crippen molar-refractivity contribution in [2.24, 2.45) is 0 Å². The molecule has 5 nitrogen and oxygen atoms in total. The van der Waals surface area contributed by atoms with Crippen LogP contribution >= 0.6 is 15.9 Å². The molecule has 0 unspecified atom stereocenters. The van der Waals surface area contributed by atoms with Crippen LogP contribution in [0.2, 0.25) is 0 Å². The summed E-state index contributed by atoms with van der Waals surface area (Å²) < 4.78 is 0.756. The molecule has 19 heavy (non-hydrogen) atoms. The van der Waals surface area contributed by atoms with Gasteiger partial charge >= 0.3 is 0 Å². The number of halogens is 1. The number of anilines is 2. The maximum absolute atomic E-state index is 12.0. The van der Waals surface area contributed by atoms with Gasteiger partial charge in [0.05, 0.1) is 0 Å². The smallest absolute Gasteiger partial charge is 0.258 e. The molecular formula is C13H13BrN4O. The molecule has 1 aromatic carbocycles. The Kier molecular flexibility index (Phi) is 3.80. The second-order valence-electron chi connectivity index (χ2n) is 4.16. The Hall–Kier alpha value is -1.95. The maximum Gasteiger partial charge on any atom is 0.258 e. The average molecular weight is 321 g/mol. The monoisotopic (exact) mass is 320 g/mol. The summed E-state index contributed by atoms with van der Waals surface area (Å²) >= 11 is 3.28. The lowest BCUT2D eigenvalue weighted by molar-refractivity contribution is 0.102. The van der Waals surface area contributed by atoms with Crippen molar-refractivity contribution < 1.29 is 4.79 Å². The van der Waals surface area contributed by atoms with Crippen molar-refractivity contribution in [1.29, 1.82) is 0 Å². The summed E-state index contributed by atoms with van der Waals surface area (Å²) in [6.07, 6.45) is 0. The van der Waals surface area contributed by atoms with E-state index in [9.17, 15) is 4.79 Å². The van der Waals surface area contributed by atoms with E-state index < -0.39 is 0 Å². The lowest BCUT2D eigenvalue weighted by Gasteiger charge is -2.06. The van der Waals surface area contributed by atoms with E-state index in [2.05, 4.69) is 31.2 Å². The lowest BCUT2D eigenvalue weighted by Crippen LogP contribution is -2.15. The minimum atomic E-state index is -0.288. The van der Waals surface area contributed by atoms with Crippen LogP contribution in [0.15, 0.2) is 28.7 Å². The van der Waals surface area contributed by atoms with Crippen molar-refractivity contribution >= 4 is 33.5 Å². The number of nitrogens with two attached hydrogens (primary N) is 1. The number of carbonyl (C=O) groups is 1. The molecule has 0 aliphatic carbocycles. The Morgan fingerprint density at radius 2 is 1.84 bits per heavy atom. The number of amides is 1. The third kappa shape index (κ3) is 3.29. The predicted octanol–water partition coefficient (Wildman–Crippen LogP) is 2.69. The molecule has 2 rings (SSSR count). The van der Waals surface area contributed by atoms with Gasteiger partial charge in [0.25, 0.3) is 5.91 Å². The lowest BCUT2D eigenvalue weighted by atomic mass is 10.2. The molecule has 1 aromatic heterocycles. The number of nitrogens with zero attached hydrogens (tertiary/aromatic N) is 2. The SMILES string of the molecule is Cc1cc(C)nc(NC(=O)c2ccc(Br)c(N)c2)n1. The minimum absolute atomic E-state index is 0.288. The number of nitrogen functional groups attached to an aromatic ring is 1. The average Bonchev–Trinajstić information content (AvgIpc) is 2.31. The van der Waals surface area contributed by atoms with E-state index in [0.29, 0.717) is 17.2 Å². The third-order valence-electron chi connectivity index (χ3n) is 2.47. The van der Waals surface area contributed by atoms with Gasteiger partial charge in [0.1, 0.15) is 0 Å². The zero-order chi connectivity index (χ0) is 14.0. The maximum atomic E-state index is 12.0. The van der Waals surface area contributed by atoms with Gasteiger partial charge in [-0.3, -0.25) is 10.1 Å². The highest BCUT2D eigenvalue weighted by Crippen LogP contribution is 2.20. The zero-order valence-corrected chi connectivity index (χ0v) is 12.2. The first-order valence-electron chi connectivity index (χ1n) is 5.64. The molecule has 0 atom stereocenters. The van der Waals surface area contributed by atoms with Gasteiger partial charge in [0.2, 0.25) is 5.95 Å². The molecule has 2 aromatic rings. The van der Waals surface area contributed by atoms with Crippen LogP contribution in [0.25, 0.3) is 0 Å². The highest BCUT2D eigenvalue weighted by atomic mass is 79.9. The number of rotatable bonds is 2. The summed E-state index contributed by atoms with van der Waals surface area (Å²) in [7, 11) is 0. The number of carbonyl (C=O) groups excluding carboxylic acids is 1. The number of aryl methyl sites for hydroxylation is 2. The van der Waals surface area contributed by atoms with E-state index in [1.165, 1.54) is 0 Å². The second-order valence-corrected chi connectivity index (χ2v) is 5.02. The van der Waals surface area contributed by atoms with Crippen LogP contribution in [0.5, 0.6) is 0 Å². The quantitative estimate of drug-likeness (QED) is 0.833. The molecule has 0 aliphatic heterocycles. The number of hydrogen-bond donors (Lipinski definition) is 2. The van der Waals surface area contributed by atoms with Crippen molar-refractivity contribution in [2.45, 2.75) is 13.8 Å². The molecular weight excluding hydrogens is 308 g/mol. The first-order valence-corrected chi connectivity index (χ1v) is 6.43. The second kappa shape index (κ2) is 5.36. The number of aromatic nitrogens is 2. The van der Waals surface area contributed by atoms with E-state index in [0.717, 1.165) is 15.9 Å². The molecule has 0 aliphatic rings. The van der Waals surface area contributed by atoms with Gasteiger partial charge in [-0.1, -0.05) is 0 Å². The molecule has 1 amide bonds. The number of nitrogens with one attached hydrogen (secondary N) is 1. The largest absolute Gasteiger partial charge is 0.398 e. The van der Waals surface area contributed by atoms with E-state index in [1.807, 2.05) is 19.9 Å². The highest BCUT2D eigenvalue weighted by molar-refractivity contribution is 9.10. The van der Waals surface area contributed by atoms with Gasteiger partial charge < -0.3 is 5.73 Å². The summed E-state index contributed by atoms with van der Waals surface area (Å²) in [5, 5.41) is 2.65. The van der Waals surface area contributed by atoms with Crippen LogP contribution in [-0.2, 0) is 0 Å². The van der Waals surface area contributed by atoms with Crippen molar-refractivity contribution in [3.8, 4) is 0 Å². The molecule has 0 saturated carbocycles. The standard InChI is InChI=1S/C13H13BrN4O/c1-7-5-8(2)17-13(16-7)18-12(19)9-3-4-10(14)11(15)6-9/h3-6H,15H2,1-2H3,(H,16,17,18,19). The molecule has 6 heteroatoms. The summed E-state index contributed by atoms with van der Waals surface area (Å²) in [5.41, 5.74) is 8.32. The Bertz CT molecular complexity index is 622. The van der Waals surface area contributed by atoms with Crippen molar-refractivity contribution in [3.05, 3.63) is 45.7 Å². The van der Waals surface area contributed by atoms with Gasteiger partial charge in [-0.2, -0.15) is 0 Å². The Labute approximate surface area is 119 Å². The molecule has 0 bridgehead atoms. The molecule has 0 radical (unpaired) electrons. The predicted molar refractivity (Wildman–Crippen MR) is 78.0 cm³/mol. The third-order valence-corrected chi connectivity index (χ3v) is 3.19. The molecule has 1 heterocycles. The summed E-state index contributed by atoms with van der Waals surface area (Å²) in [6, 6.07) is 6.85. The molecule has 3 N–H and O–H groups in total. The Balaban J connectivity index is 2.22. The fourth-order valence-electron chi connectivity index (χ4n) is 1.64. The topological polar surface area (TPSA) is 80.9 Å². The molecule has 0 spiro atoms. The first kappa shape index (κ1) is 13.5. The van der Waals surface area contributed by atoms with Crippen LogP contribution in [0, 0.1) is 13.8 Å². The van der Waals surface area contributed by atoms with Crippen molar-refractivity contribution in [2.75, 3.05) is 11.1 Å². The summed E-state index contributed by atoms with van der Waals surface area (Å²) in [5.74, 6) is 0.00758. The zero-order valence-electron chi connectivity index (χ0n) is 10.6. The Morgan fingerprint density at radius 1 is 1.21 bits per heavy atom. The van der Waals surface area contributed by atoms with Gasteiger partial charge in [-0.15, -0.1) is 0 Å². The Morgan fingerprint density at radius 3 is 2.42 bits per heavy atom. The molecule has 98 valence electrons. The van der Waals surface area contributed by atoms with Crippen LogP contribution in [0.1, 0.15) is 21.7 Å². The summed E-state index contributed by atoms with van der Waals surface area (Å²) in [6.45, 7) is 3.70. The highest BCUT2D eigenvalue weighted by Gasteiger charge is 2.09. The van der Waals surface area contributed by atoms with Gasteiger partial charge in [-0.25, -0.2) is 9.97 Å². The van der Waals surface area contributed by atoms with Crippen LogP contribution in [0.4, 0.5) is 11.6 Å². The minimum Gasteiger partial charge on any atom is -0.398 e. The number of hydrogen-bond acceptors (Lipinski definition) is 4. The van der Waals surface area contributed by atoms with Crippen LogP contribution in [0.3, 0.4) is 0 Å².